The molecule has 0 bridgehead atoms. The maximum absolute atomic E-state index is 13.1. The van der Waals surface area contributed by atoms with Gasteiger partial charge in [0.05, 0.1) is 5.69 Å². The van der Waals surface area contributed by atoms with Crippen LogP contribution in [-0.4, -0.2) is 14.7 Å². The van der Waals surface area contributed by atoms with Crippen molar-refractivity contribution >= 4 is 14.1 Å². The van der Waals surface area contributed by atoms with Crippen molar-refractivity contribution in [1.82, 2.24) is 9.78 Å². The molecule has 2 rings (SSSR count). The Hall–Kier alpha value is -2.33. The van der Waals surface area contributed by atoms with Crippen LogP contribution >= 0.6 is 8.25 Å². The van der Waals surface area contributed by atoms with Gasteiger partial charge in [-0.2, -0.15) is 15.8 Å². The molecule has 1 atom stereocenters. The van der Waals surface area contributed by atoms with Gasteiger partial charge in [0.25, 0.3) is 0 Å². The van der Waals surface area contributed by atoms with Gasteiger partial charge in [0.2, 0.25) is 0 Å². The number of benzene rings is 1. The van der Waals surface area contributed by atoms with Crippen LogP contribution in [0.4, 0.5) is 10.2 Å². The molecule has 2 N–H and O–H groups in total. The van der Waals surface area contributed by atoms with E-state index in [-0.39, 0.29) is 11.5 Å². The molecule has 96 valence electrons. The minimum absolute atomic E-state index is 0.0449. The van der Waals surface area contributed by atoms with Crippen molar-refractivity contribution in [2.45, 2.75) is 0 Å². The first kappa shape index (κ1) is 13.1. The third-order valence-corrected chi connectivity index (χ3v) is 2.35. The lowest BCUT2D eigenvalue weighted by atomic mass is 10.3. The van der Waals surface area contributed by atoms with E-state index >= 15 is 0 Å². The largest absolute Gasteiger partial charge is 0.719 e. The Morgan fingerprint density at radius 2 is 2.32 bits per heavy atom. The van der Waals surface area contributed by atoms with Crippen LogP contribution in [0, 0.1) is 17.1 Å². The molecular weight excluding hydrogens is 274 g/mol. The van der Waals surface area contributed by atoms with Gasteiger partial charge in [-0.3, -0.25) is 0 Å². The maximum atomic E-state index is 13.1. The highest BCUT2D eigenvalue weighted by Gasteiger charge is 2.17. The third-order valence-electron chi connectivity index (χ3n) is 2.10. The number of nitrogens with zero attached hydrogens (tertiary/aromatic N) is 3. The molecular formula is C10H7FN4O3P+. The normalized spacial score (nSPS) is 10.9. The molecule has 0 fully saturated rings. The Balaban J connectivity index is 2.41. The van der Waals surface area contributed by atoms with Gasteiger partial charge in [0, 0.05) is 15.3 Å². The summed E-state index contributed by atoms with van der Waals surface area (Å²) in [7, 11) is -2.87. The molecule has 2 aromatic rings. The van der Waals surface area contributed by atoms with Crippen LogP contribution in [0.25, 0.3) is 5.69 Å². The number of hydrogen-bond donors (Lipinski definition) is 2. The molecule has 0 saturated heterocycles. The smallest absolute Gasteiger partial charge is 0.214 e. The summed E-state index contributed by atoms with van der Waals surface area (Å²) in [6, 6.07) is 8.57. The Morgan fingerprint density at radius 3 is 2.95 bits per heavy atom. The third kappa shape index (κ3) is 3.11. The highest BCUT2D eigenvalue weighted by Crippen LogP contribution is 2.21. The lowest BCUT2D eigenvalue weighted by Gasteiger charge is -2.05. The number of hydrogen-bond acceptors (Lipinski definition) is 5. The Kier molecular flexibility index (Phi) is 3.82. The van der Waals surface area contributed by atoms with Crippen molar-refractivity contribution in [2.24, 2.45) is 0 Å². The van der Waals surface area contributed by atoms with E-state index in [9.17, 15) is 8.96 Å². The Morgan fingerprint density at radius 1 is 1.53 bits per heavy atom. The van der Waals surface area contributed by atoms with E-state index in [1.54, 1.807) is 12.1 Å². The quantitative estimate of drug-likeness (QED) is 0.655. The number of aromatic nitrogens is 2. The molecule has 0 radical (unpaired) electrons. The molecule has 7 nitrogen and oxygen atoms in total. The number of nitriles is 1. The molecule has 0 aliphatic heterocycles. The van der Waals surface area contributed by atoms with Gasteiger partial charge in [-0.15, -0.1) is 4.89 Å². The number of rotatable bonds is 4. The lowest BCUT2D eigenvalue weighted by molar-refractivity contribution is 0.336. The highest BCUT2D eigenvalue weighted by atomic mass is 31.1. The number of halogens is 1. The maximum Gasteiger partial charge on any atom is 0.719 e. The fourth-order valence-corrected chi connectivity index (χ4v) is 1.57. The average Bonchev–Trinajstić information content (AvgIpc) is 2.79. The molecule has 0 saturated carbocycles. The van der Waals surface area contributed by atoms with Gasteiger partial charge in [-0.1, -0.05) is 6.07 Å². The van der Waals surface area contributed by atoms with Gasteiger partial charge < -0.3 is 0 Å². The average molecular weight is 281 g/mol. The second-order valence-electron chi connectivity index (χ2n) is 3.35. The van der Waals surface area contributed by atoms with E-state index in [2.05, 4.69) is 15.2 Å². The van der Waals surface area contributed by atoms with Crippen LogP contribution in [0.3, 0.4) is 0 Å². The van der Waals surface area contributed by atoms with E-state index in [1.165, 1.54) is 28.9 Å². The molecule has 19 heavy (non-hydrogen) atoms. The molecule has 1 heterocycles. The van der Waals surface area contributed by atoms with E-state index in [1.807, 2.05) is 0 Å². The Labute approximate surface area is 107 Å². The summed E-state index contributed by atoms with van der Waals surface area (Å²) in [5.74, 6) is -0.355. The summed E-state index contributed by atoms with van der Waals surface area (Å²) >= 11 is 0. The second kappa shape index (κ2) is 5.54. The number of nitrogens with one attached hydrogen (secondary N) is 1. The highest BCUT2D eigenvalue weighted by molar-refractivity contribution is 7.32. The molecule has 1 aromatic carbocycles. The first-order chi connectivity index (χ1) is 9.10. The minimum Gasteiger partial charge on any atom is -0.214 e. The topological polar surface area (TPSA) is 100 Å². The van der Waals surface area contributed by atoms with Crippen LogP contribution < -0.4 is 5.48 Å². The number of anilines is 1. The van der Waals surface area contributed by atoms with E-state index in [0.29, 0.717) is 5.69 Å². The predicted molar refractivity (Wildman–Crippen MR) is 62.8 cm³/mol. The molecule has 0 spiro atoms. The molecule has 0 aliphatic rings. The zero-order chi connectivity index (χ0) is 13.8. The van der Waals surface area contributed by atoms with Crippen molar-refractivity contribution in [1.29, 1.82) is 5.26 Å². The fraction of sp³-hybridized carbons (Fsp3) is 0. The fourth-order valence-electron chi connectivity index (χ4n) is 1.40. The first-order valence-electron chi connectivity index (χ1n) is 4.95. The van der Waals surface area contributed by atoms with Crippen LogP contribution in [0.1, 0.15) is 5.69 Å². The van der Waals surface area contributed by atoms with Crippen LogP contribution in [0.15, 0.2) is 30.3 Å². The molecule has 1 unspecified atom stereocenters. The molecule has 0 aliphatic carbocycles. The zero-order valence-electron chi connectivity index (χ0n) is 9.32. The van der Waals surface area contributed by atoms with E-state index in [4.69, 9.17) is 10.2 Å². The van der Waals surface area contributed by atoms with Crippen molar-refractivity contribution in [3.05, 3.63) is 41.8 Å². The molecule has 1 aromatic heterocycles. The van der Waals surface area contributed by atoms with E-state index in [0.717, 1.165) is 0 Å². The SMILES string of the molecule is N#Cc1cc(NO[P+](=O)O)n(-c2cccc(F)c2)n1. The monoisotopic (exact) mass is 281 g/mol. The summed E-state index contributed by atoms with van der Waals surface area (Å²) in [4.78, 5) is 8.55. The van der Waals surface area contributed by atoms with Crippen LogP contribution in [0.2, 0.25) is 0 Å². The first-order valence-corrected chi connectivity index (χ1v) is 6.08. The van der Waals surface area contributed by atoms with Gasteiger partial charge in [-0.05, 0) is 18.2 Å². The van der Waals surface area contributed by atoms with Gasteiger partial charge in [0.1, 0.15) is 11.9 Å². The summed E-state index contributed by atoms with van der Waals surface area (Å²) in [5.41, 5.74) is 2.56. The molecule has 9 heteroatoms. The summed E-state index contributed by atoms with van der Waals surface area (Å²) in [6.07, 6.45) is 0. The van der Waals surface area contributed by atoms with Crippen molar-refractivity contribution in [3.8, 4) is 11.8 Å². The van der Waals surface area contributed by atoms with Crippen molar-refractivity contribution in [3.63, 3.8) is 0 Å². The van der Waals surface area contributed by atoms with E-state index < -0.39 is 14.1 Å². The van der Waals surface area contributed by atoms with Crippen LogP contribution in [-0.2, 0) is 9.19 Å². The standard InChI is InChI=1S/C10H6FN4O3P/c11-7-2-1-3-9(4-7)15-10(14-18-19(16)17)5-8(6-12)13-15/h1-5,14H/p+1. The second-order valence-corrected chi connectivity index (χ2v) is 4.01. The zero-order valence-corrected chi connectivity index (χ0v) is 10.2. The van der Waals surface area contributed by atoms with Gasteiger partial charge in [-0.25, -0.2) is 9.07 Å². The predicted octanol–water partition coefficient (Wildman–Crippen LogP) is 1.88. The summed E-state index contributed by atoms with van der Waals surface area (Å²) in [5, 5.41) is 12.7. The van der Waals surface area contributed by atoms with Crippen molar-refractivity contribution < 1.29 is 18.5 Å². The van der Waals surface area contributed by atoms with Gasteiger partial charge >= 0.3 is 8.25 Å². The minimum atomic E-state index is -2.87. The van der Waals surface area contributed by atoms with Gasteiger partial charge in [0.15, 0.2) is 11.5 Å². The summed E-state index contributed by atoms with van der Waals surface area (Å²) in [6.45, 7) is 0. The molecule has 0 amide bonds. The lowest BCUT2D eigenvalue weighted by Crippen LogP contribution is -2.04. The Bertz CT molecular complexity index is 667. The van der Waals surface area contributed by atoms with Crippen LogP contribution in [0.5, 0.6) is 0 Å². The van der Waals surface area contributed by atoms with Crippen molar-refractivity contribution in [2.75, 3.05) is 5.48 Å². The summed E-state index contributed by atoms with van der Waals surface area (Å²) < 4.78 is 29.1.